The summed E-state index contributed by atoms with van der Waals surface area (Å²) in [4.78, 5) is 13.4. The van der Waals surface area contributed by atoms with Gasteiger partial charge in [0, 0.05) is 24.7 Å². The van der Waals surface area contributed by atoms with Crippen molar-refractivity contribution in [1.82, 2.24) is 9.55 Å². The largest absolute Gasteiger partial charge is 0.313 e. The van der Waals surface area contributed by atoms with Gasteiger partial charge in [0.25, 0.3) is 0 Å². The fraction of sp³-hybridized carbons (Fsp3) is 0. The lowest BCUT2D eigenvalue weighted by Gasteiger charge is -1.83. The van der Waals surface area contributed by atoms with E-state index in [1.54, 1.807) is 35.8 Å². The van der Waals surface area contributed by atoms with Crippen LogP contribution in [0.3, 0.4) is 0 Å². The van der Waals surface area contributed by atoms with Gasteiger partial charge in [0.2, 0.25) is 6.29 Å². The van der Waals surface area contributed by atoms with Crippen molar-refractivity contribution in [1.29, 1.82) is 0 Å². The third-order valence-corrected chi connectivity index (χ3v) is 0.840. The van der Waals surface area contributed by atoms with E-state index in [-0.39, 0.29) is 0 Å². The molecule has 0 aliphatic heterocycles. The molecule has 0 atom stereocenters. The number of rotatable bonds is 2. The van der Waals surface area contributed by atoms with Crippen LogP contribution in [-0.4, -0.2) is 15.8 Å². The molecule has 0 N–H and O–H groups in total. The van der Waals surface area contributed by atoms with Gasteiger partial charge in [-0.2, -0.15) is 0 Å². The minimum Gasteiger partial charge on any atom is -0.313 e. The molecule has 3 heteroatoms. The number of hydrogen-bond acceptors (Lipinski definition) is 2. The molecule has 1 radical (unpaired) electrons. The third-order valence-electron chi connectivity index (χ3n) is 0.840. The second-order valence-corrected chi connectivity index (χ2v) is 1.44. The Morgan fingerprint density at radius 3 is 3.11 bits per heavy atom. The van der Waals surface area contributed by atoms with Gasteiger partial charge in [-0.15, -0.1) is 0 Å². The second-order valence-electron chi connectivity index (χ2n) is 1.44. The van der Waals surface area contributed by atoms with Gasteiger partial charge in [0.05, 0.1) is 6.33 Å². The average molecular weight is 121 g/mol. The van der Waals surface area contributed by atoms with Crippen molar-refractivity contribution in [2.24, 2.45) is 0 Å². The number of nitrogens with zero attached hydrogens (tertiary/aromatic N) is 2. The maximum absolute atomic E-state index is 9.65. The summed E-state index contributed by atoms with van der Waals surface area (Å²) in [6.07, 6.45) is 9.43. The quantitative estimate of drug-likeness (QED) is 0.533. The van der Waals surface area contributed by atoms with E-state index >= 15 is 0 Å². The van der Waals surface area contributed by atoms with Gasteiger partial charge in [-0.05, 0) is 0 Å². The molecule has 1 rings (SSSR count). The first kappa shape index (κ1) is 5.75. The summed E-state index contributed by atoms with van der Waals surface area (Å²) in [6, 6.07) is 0. The van der Waals surface area contributed by atoms with Crippen molar-refractivity contribution in [2.75, 3.05) is 0 Å². The standard InChI is InChI=1S/C6H5N2O/c9-5-1-3-8-4-2-7-6-8/h1-4,6H. The first-order chi connectivity index (χ1) is 4.43. The summed E-state index contributed by atoms with van der Waals surface area (Å²) in [6.45, 7) is 0. The topological polar surface area (TPSA) is 34.9 Å². The molecule has 0 spiro atoms. The number of aromatic nitrogens is 2. The normalized spacial score (nSPS) is 10.2. The molecule has 0 saturated carbocycles. The van der Waals surface area contributed by atoms with Crippen LogP contribution >= 0.6 is 0 Å². The van der Waals surface area contributed by atoms with E-state index in [9.17, 15) is 4.79 Å². The molecular weight excluding hydrogens is 116 g/mol. The Hall–Kier alpha value is -1.38. The summed E-state index contributed by atoms with van der Waals surface area (Å²) < 4.78 is 1.66. The molecule has 3 nitrogen and oxygen atoms in total. The summed E-state index contributed by atoms with van der Waals surface area (Å²) in [5, 5.41) is 0. The van der Waals surface area contributed by atoms with Gasteiger partial charge in [-0.3, -0.25) is 4.79 Å². The highest BCUT2D eigenvalue weighted by molar-refractivity contribution is 5.70. The van der Waals surface area contributed by atoms with E-state index in [1.165, 1.54) is 6.08 Å². The highest BCUT2D eigenvalue weighted by Crippen LogP contribution is 1.84. The van der Waals surface area contributed by atoms with Crippen LogP contribution in [0.4, 0.5) is 0 Å². The van der Waals surface area contributed by atoms with Crippen molar-refractivity contribution < 1.29 is 4.79 Å². The molecule has 45 valence electrons. The van der Waals surface area contributed by atoms with Crippen LogP contribution in [0.5, 0.6) is 0 Å². The molecule has 0 saturated heterocycles. The van der Waals surface area contributed by atoms with Gasteiger partial charge >= 0.3 is 0 Å². The summed E-state index contributed by atoms with van der Waals surface area (Å²) in [5.74, 6) is 0. The molecule has 0 amide bonds. The fourth-order valence-electron chi connectivity index (χ4n) is 0.474. The summed E-state index contributed by atoms with van der Waals surface area (Å²) in [5.41, 5.74) is 0. The second kappa shape index (κ2) is 2.81. The van der Waals surface area contributed by atoms with Gasteiger partial charge in [-0.25, -0.2) is 4.98 Å². The Morgan fingerprint density at radius 1 is 1.67 bits per heavy atom. The lowest BCUT2D eigenvalue weighted by molar-refractivity contribution is 0.564. The van der Waals surface area contributed by atoms with E-state index in [1.807, 2.05) is 0 Å². The first-order valence-electron chi connectivity index (χ1n) is 2.45. The molecule has 0 aromatic carbocycles. The molecule has 1 aromatic heterocycles. The van der Waals surface area contributed by atoms with E-state index in [4.69, 9.17) is 0 Å². The zero-order chi connectivity index (χ0) is 6.53. The number of imidazole rings is 1. The Bertz CT molecular complexity index is 201. The van der Waals surface area contributed by atoms with Crippen molar-refractivity contribution in [3.8, 4) is 0 Å². The Morgan fingerprint density at radius 2 is 2.56 bits per heavy atom. The first-order valence-corrected chi connectivity index (χ1v) is 2.45. The zero-order valence-corrected chi connectivity index (χ0v) is 4.69. The van der Waals surface area contributed by atoms with Crippen LogP contribution in [0.25, 0.3) is 6.20 Å². The van der Waals surface area contributed by atoms with Crippen molar-refractivity contribution >= 4 is 12.5 Å². The predicted octanol–water partition coefficient (Wildman–Crippen LogP) is 0.463. The number of hydrogen-bond donors (Lipinski definition) is 0. The molecule has 1 heterocycles. The SMILES string of the molecule is O=[C]C=Cn1ccnc1. The predicted molar refractivity (Wildman–Crippen MR) is 33.3 cm³/mol. The van der Waals surface area contributed by atoms with Gasteiger partial charge < -0.3 is 4.57 Å². The monoisotopic (exact) mass is 121 g/mol. The smallest absolute Gasteiger partial charge is 0.227 e. The zero-order valence-electron chi connectivity index (χ0n) is 4.69. The van der Waals surface area contributed by atoms with Gasteiger partial charge in [0.1, 0.15) is 0 Å². The highest BCUT2D eigenvalue weighted by Gasteiger charge is 1.77. The molecule has 0 aliphatic rings. The third kappa shape index (κ3) is 1.53. The van der Waals surface area contributed by atoms with Crippen molar-refractivity contribution in [3.05, 3.63) is 24.8 Å². The summed E-state index contributed by atoms with van der Waals surface area (Å²) >= 11 is 0. The molecule has 1 aromatic rings. The number of carbonyl (C=O) groups excluding carboxylic acids is 1. The highest BCUT2D eigenvalue weighted by atomic mass is 16.1. The lowest BCUT2D eigenvalue weighted by atomic mass is 10.7. The van der Waals surface area contributed by atoms with E-state index in [2.05, 4.69) is 4.98 Å². The maximum atomic E-state index is 9.65. The molecular formula is C6H5N2O. The fourth-order valence-corrected chi connectivity index (χ4v) is 0.474. The summed E-state index contributed by atoms with van der Waals surface area (Å²) in [7, 11) is 0. The van der Waals surface area contributed by atoms with Crippen LogP contribution in [0.1, 0.15) is 0 Å². The minimum atomic E-state index is 1.28. The van der Waals surface area contributed by atoms with Crippen LogP contribution in [-0.2, 0) is 4.79 Å². The maximum Gasteiger partial charge on any atom is 0.227 e. The Kier molecular flexibility index (Phi) is 1.80. The van der Waals surface area contributed by atoms with Crippen molar-refractivity contribution in [2.45, 2.75) is 0 Å². The number of allylic oxidation sites excluding steroid dienone is 1. The van der Waals surface area contributed by atoms with E-state index < -0.39 is 0 Å². The van der Waals surface area contributed by atoms with Crippen molar-refractivity contribution in [3.63, 3.8) is 0 Å². The van der Waals surface area contributed by atoms with E-state index in [0.717, 1.165) is 0 Å². The van der Waals surface area contributed by atoms with E-state index in [0.29, 0.717) is 0 Å². The molecule has 0 unspecified atom stereocenters. The van der Waals surface area contributed by atoms with Crippen LogP contribution < -0.4 is 0 Å². The Labute approximate surface area is 52.6 Å². The van der Waals surface area contributed by atoms with Crippen LogP contribution in [0.15, 0.2) is 24.8 Å². The van der Waals surface area contributed by atoms with Crippen LogP contribution in [0, 0.1) is 0 Å². The van der Waals surface area contributed by atoms with Crippen LogP contribution in [0.2, 0.25) is 0 Å². The lowest BCUT2D eigenvalue weighted by Crippen LogP contribution is -1.77. The minimum absolute atomic E-state index is 1.28. The average Bonchev–Trinajstić information content (AvgIpc) is 2.34. The molecule has 0 fully saturated rings. The van der Waals surface area contributed by atoms with Gasteiger partial charge in [-0.1, -0.05) is 0 Å². The van der Waals surface area contributed by atoms with Gasteiger partial charge in [0.15, 0.2) is 0 Å². The molecule has 9 heavy (non-hydrogen) atoms. The molecule has 0 bridgehead atoms. The Balaban J connectivity index is 2.67. The molecule has 0 aliphatic carbocycles.